The number of Topliss-reactive ketones (excluding diaryl/α,β-unsaturated/α-hetero) is 1. The number of β-amino-alcohol motifs (C(OH)–C–C–N with tert-alkyl or cyclic N) is 1. The van der Waals surface area contributed by atoms with Gasteiger partial charge in [-0.05, 0) is 49.9 Å². The van der Waals surface area contributed by atoms with E-state index in [2.05, 4.69) is 0 Å². The Morgan fingerprint density at radius 3 is 2.25 bits per heavy atom. The monoisotopic (exact) mass is 683 g/mol. The molecule has 48 heavy (non-hydrogen) atoms. The first-order valence-corrected chi connectivity index (χ1v) is 15.5. The van der Waals surface area contributed by atoms with Gasteiger partial charge in [0.1, 0.15) is 17.7 Å². The number of carbonyl (C=O) groups is 2. The second-order valence-corrected chi connectivity index (χ2v) is 12.3. The maximum absolute atomic E-state index is 15.8. The summed E-state index contributed by atoms with van der Waals surface area (Å²) in [5.74, 6) is -5.38. The van der Waals surface area contributed by atoms with Crippen molar-refractivity contribution in [3.63, 3.8) is 0 Å². The molecule has 0 saturated carbocycles. The van der Waals surface area contributed by atoms with Gasteiger partial charge in [-0.1, -0.05) is 20.8 Å². The number of amidine groups is 1. The first-order valence-electron chi connectivity index (χ1n) is 15.5. The van der Waals surface area contributed by atoms with Gasteiger partial charge >= 0.3 is 12.1 Å². The molecule has 0 radical (unpaired) electrons. The third-order valence-electron chi connectivity index (χ3n) is 8.00. The third kappa shape index (κ3) is 7.16. The predicted molar refractivity (Wildman–Crippen MR) is 167 cm³/mol. The summed E-state index contributed by atoms with van der Waals surface area (Å²) in [7, 11) is 1.43. The minimum Gasteiger partial charge on any atom is -0.494 e. The van der Waals surface area contributed by atoms with E-state index in [1.807, 2.05) is 20.8 Å². The molecule has 1 fully saturated rings. The lowest BCUT2D eigenvalue weighted by Crippen LogP contribution is -2.47. The molecule has 0 bridgehead atoms. The number of nitrogens with one attached hydrogen (secondary N) is 1. The largest absolute Gasteiger partial charge is 0.494 e. The zero-order valence-corrected chi connectivity index (χ0v) is 27.9. The lowest BCUT2D eigenvalue weighted by molar-refractivity contribution is -0.207. The van der Waals surface area contributed by atoms with Crippen molar-refractivity contribution in [1.29, 1.82) is 5.41 Å². The number of halogens is 4. The number of hydrogen-bond donors (Lipinski definition) is 2. The number of carbonyl (C=O) groups excluding carboxylic acids is 2. The van der Waals surface area contributed by atoms with Gasteiger partial charge in [-0.25, -0.2) is 9.18 Å². The van der Waals surface area contributed by atoms with Crippen molar-refractivity contribution in [3.8, 4) is 17.2 Å². The number of hydrogen-bond acceptors (Lipinski definition) is 10. The number of benzene rings is 2. The minimum absolute atomic E-state index is 0.00758. The first kappa shape index (κ1) is 36.7. The van der Waals surface area contributed by atoms with Gasteiger partial charge in [-0.2, -0.15) is 13.2 Å². The molecule has 2 heterocycles. The molecule has 0 aromatic heterocycles. The molecule has 264 valence electrons. The standard InChI is InChI=1S/C33H41F4N3O8/c1-8-45-22-13-18-14-40(29(38)24(18)25(34)28(22)47-10-3)30(48-31(43)33(35,36)37)26(42)17-11-19(32(4,5)6)27(44-7)20(12-17)39-15-21(41)23(16-39)46-9-2/h11-13,21,23,30,38,41H,8-10,14-16H2,1-7H3/t21-,23-,30?/m0/s1. The van der Waals surface area contributed by atoms with Crippen molar-refractivity contribution in [2.75, 3.05) is 44.9 Å². The average molecular weight is 684 g/mol. The highest BCUT2D eigenvalue weighted by atomic mass is 19.4. The van der Waals surface area contributed by atoms with Gasteiger partial charge in [0.15, 0.2) is 17.3 Å². The van der Waals surface area contributed by atoms with Crippen LogP contribution in [0.15, 0.2) is 18.2 Å². The highest BCUT2D eigenvalue weighted by molar-refractivity contribution is 6.08. The van der Waals surface area contributed by atoms with E-state index < -0.39 is 60.0 Å². The van der Waals surface area contributed by atoms with E-state index in [0.717, 1.165) is 4.90 Å². The number of rotatable bonds is 12. The number of aliphatic hydroxyl groups is 1. The highest BCUT2D eigenvalue weighted by Crippen LogP contribution is 2.43. The van der Waals surface area contributed by atoms with Gasteiger partial charge < -0.3 is 38.6 Å². The molecule has 0 spiro atoms. The predicted octanol–water partition coefficient (Wildman–Crippen LogP) is 4.97. The molecule has 2 aromatic rings. The van der Waals surface area contributed by atoms with Gasteiger partial charge in [-0.15, -0.1) is 0 Å². The maximum Gasteiger partial charge on any atom is 0.491 e. The Kier molecular flexibility index (Phi) is 10.8. The Morgan fingerprint density at radius 1 is 1.02 bits per heavy atom. The fourth-order valence-electron chi connectivity index (χ4n) is 5.85. The van der Waals surface area contributed by atoms with Crippen molar-refractivity contribution < 1.29 is 55.9 Å². The van der Waals surface area contributed by atoms with Crippen LogP contribution in [0.1, 0.15) is 68.6 Å². The molecule has 2 aliphatic rings. The quantitative estimate of drug-likeness (QED) is 0.180. The summed E-state index contributed by atoms with van der Waals surface area (Å²) in [4.78, 5) is 29.1. The SMILES string of the molecule is CCOc1cc2c(c(F)c1OCC)C(=N)N(C(OC(=O)C(F)(F)F)C(=O)c1cc(N3C[C@H](OCC)[C@@H](O)C3)c(OC)c(C(C)(C)C)c1)C2. The zero-order chi connectivity index (χ0) is 35.7. The smallest absolute Gasteiger partial charge is 0.491 e. The minimum atomic E-state index is -5.48. The van der Waals surface area contributed by atoms with Crippen LogP contribution >= 0.6 is 0 Å². The number of nitrogens with zero attached hydrogens (tertiary/aromatic N) is 2. The molecule has 4 rings (SSSR count). The lowest BCUT2D eigenvalue weighted by Gasteiger charge is -2.31. The molecule has 2 aromatic carbocycles. The van der Waals surface area contributed by atoms with Crippen LogP contribution in [-0.4, -0.2) is 92.2 Å². The molecule has 1 unspecified atom stereocenters. The van der Waals surface area contributed by atoms with Crippen molar-refractivity contribution in [2.45, 2.75) is 78.1 Å². The fraction of sp³-hybridized carbons (Fsp3) is 0.545. The Bertz CT molecular complexity index is 1560. The zero-order valence-electron chi connectivity index (χ0n) is 27.9. The lowest BCUT2D eigenvalue weighted by atomic mass is 9.84. The van der Waals surface area contributed by atoms with E-state index in [4.69, 9.17) is 29.1 Å². The molecule has 2 aliphatic heterocycles. The fourth-order valence-corrected chi connectivity index (χ4v) is 5.85. The molecular weight excluding hydrogens is 642 g/mol. The van der Waals surface area contributed by atoms with Crippen LogP contribution in [0, 0.1) is 11.2 Å². The van der Waals surface area contributed by atoms with Crippen molar-refractivity contribution >= 4 is 23.3 Å². The van der Waals surface area contributed by atoms with Crippen molar-refractivity contribution in [1.82, 2.24) is 4.90 Å². The number of anilines is 1. The molecule has 2 N–H and O–H groups in total. The molecule has 15 heteroatoms. The second kappa shape index (κ2) is 14.2. The first-order chi connectivity index (χ1) is 22.5. The van der Waals surface area contributed by atoms with E-state index in [-0.39, 0.29) is 54.5 Å². The Balaban J connectivity index is 1.86. The van der Waals surface area contributed by atoms with Crippen LogP contribution in [0.5, 0.6) is 17.2 Å². The third-order valence-corrected chi connectivity index (χ3v) is 8.00. The summed E-state index contributed by atoms with van der Waals surface area (Å²) in [6.07, 6.45) is -9.24. The van der Waals surface area contributed by atoms with Crippen LogP contribution < -0.4 is 19.1 Å². The molecular formula is C33H41F4N3O8. The van der Waals surface area contributed by atoms with Gasteiger partial charge in [0, 0.05) is 37.4 Å². The Morgan fingerprint density at radius 2 is 1.69 bits per heavy atom. The molecule has 0 aliphatic carbocycles. The summed E-state index contributed by atoms with van der Waals surface area (Å²) in [6, 6.07) is 4.18. The maximum atomic E-state index is 15.8. The molecule has 3 atom stereocenters. The van der Waals surface area contributed by atoms with Crippen LogP contribution in [0.25, 0.3) is 0 Å². The highest BCUT2D eigenvalue weighted by Gasteiger charge is 2.47. The number of fused-ring (bicyclic) bond motifs is 1. The van der Waals surface area contributed by atoms with Crippen molar-refractivity contribution in [2.24, 2.45) is 0 Å². The summed E-state index contributed by atoms with van der Waals surface area (Å²) in [6.45, 7) is 11.0. The normalized spacial score (nSPS) is 18.5. The molecule has 0 amide bonds. The number of methoxy groups -OCH3 is 1. The van der Waals surface area contributed by atoms with Crippen LogP contribution in [0.3, 0.4) is 0 Å². The summed E-state index contributed by atoms with van der Waals surface area (Å²) in [5.41, 5.74) is -0.208. The van der Waals surface area contributed by atoms with Gasteiger partial charge in [0.05, 0.1) is 37.7 Å². The van der Waals surface area contributed by atoms with E-state index in [1.54, 1.807) is 25.7 Å². The Hall–Kier alpha value is -4.11. The average Bonchev–Trinajstić information content (AvgIpc) is 3.54. The summed E-state index contributed by atoms with van der Waals surface area (Å²) in [5, 5.41) is 19.4. The Labute approximate surface area is 276 Å². The van der Waals surface area contributed by atoms with E-state index >= 15 is 4.39 Å². The van der Waals surface area contributed by atoms with Crippen molar-refractivity contribution in [3.05, 3.63) is 46.3 Å². The number of esters is 1. The van der Waals surface area contributed by atoms with Gasteiger partial charge in [-0.3, -0.25) is 10.2 Å². The van der Waals surface area contributed by atoms with E-state index in [0.29, 0.717) is 23.6 Å². The van der Waals surface area contributed by atoms with Crippen LogP contribution in [-0.2, 0) is 26.2 Å². The van der Waals surface area contributed by atoms with Crippen LogP contribution in [0.4, 0.5) is 23.2 Å². The van der Waals surface area contributed by atoms with E-state index in [9.17, 15) is 27.9 Å². The van der Waals surface area contributed by atoms with Crippen LogP contribution in [0.2, 0.25) is 0 Å². The second-order valence-electron chi connectivity index (χ2n) is 12.3. The number of ether oxygens (including phenoxy) is 5. The molecule has 11 nitrogen and oxygen atoms in total. The topological polar surface area (TPSA) is 131 Å². The van der Waals surface area contributed by atoms with Gasteiger partial charge in [0.2, 0.25) is 12.0 Å². The van der Waals surface area contributed by atoms with Gasteiger partial charge in [0.25, 0.3) is 0 Å². The number of ketones is 1. The summed E-state index contributed by atoms with van der Waals surface area (Å²) < 4.78 is 83.7. The number of aliphatic hydroxyl groups excluding tert-OH is 1. The number of alkyl halides is 3. The van der Waals surface area contributed by atoms with E-state index in [1.165, 1.54) is 25.3 Å². The summed E-state index contributed by atoms with van der Waals surface area (Å²) >= 11 is 0. The molecule has 1 saturated heterocycles.